The molecule has 0 spiro atoms. The lowest BCUT2D eigenvalue weighted by Gasteiger charge is -2.43. The van der Waals surface area contributed by atoms with E-state index in [1.807, 2.05) is 72.1 Å². The first-order chi connectivity index (χ1) is 16.1. The lowest BCUT2D eigenvalue weighted by molar-refractivity contribution is 0.0289. The van der Waals surface area contributed by atoms with E-state index in [0.29, 0.717) is 19.6 Å². The third-order valence-corrected chi connectivity index (χ3v) is 14.7. The van der Waals surface area contributed by atoms with Crippen molar-refractivity contribution in [3.05, 3.63) is 71.8 Å². The van der Waals surface area contributed by atoms with E-state index in [4.69, 9.17) is 9.16 Å². The Kier molecular flexibility index (Phi) is 9.93. The van der Waals surface area contributed by atoms with Crippen LogP contribution in [0.4, 0.5) is 0 Å². The Morgan fingerprint density at radius 2 is 1.59 bits per heavy atom. The maximum atomic E-state index is 13.3. The van der Waals surface area contributed by atoms with Crippen LogP contribution in [-0.2, 0) is 15.8 Å². The van der Waals surface area contributed by atoms with Gasteiger partial charge in [-0.05, 0) is 48.0 Å². The SMILES string of the molecule is CC(C)(C)[Si](C)(C)O[C@H](COCc1ccccc1)CC1(CC(=O)c2ccccc2)SCCCS1. The summed E-state index contributed by atoms with van der Waals surface area (Å²) in [5, 5.41) is 0.116. The van der Waals surface area contributed by atoms with Gasteiger partial charge in [-0.2, -0.15) is 0 Å². The number of hydrogen-bond donors (Lipinski definition) is 0. The second-order valence-electron chi connectivity index (χ2n) is 10.6. The summed E-state index contributed by atoms with van der Waals surface area (Å²) in [7, 11) is -2.00. The zero-order valence-electron chi connectivity index (χ0n) is 21.3. The highest BCUT2D eigenvalue weighted by atomic mass is 32.2. The van der Waals surface area contributed by atoms with Crippen LogP contribution < -0.4 is 0 Å². The minimum Gasteiger partial charge on any atom is -0.412 e. The molecular weight excluding hydrogens is 477 g/mol. The highest BCUT2D eigenvalue weighted by molar-refractivity contribution is 8.18. The summed E-state index contributed by atoms with van der Waals surface area (Å²) in [4.78, 5) is 13.3. The molecule has 6 heteroatoms. The van der Waals surface area contributed by atoms with Gasteiger partial charge in [0, 0.05) is 12.0 Å². The monoisotopic (exact) mass is 516 g/mol. The molecule has 2 aromatic rings. The number of Topliss-reactive ketones (excluding diaryl/α,β-unsaturated/α-hetero) is 1. The summed E-state index contributed by atoms with van der Waals surface area (Å²) in [6.45, 7) is 12.6. The minimum absolute atomic E-state index is 0.0359. The molecule has 1 heterocycles. The fourth-order valence-electron chi connectivity index (χ4n) is 3.84. The highest BCUT2D eigenvalue weighted by Crippen LogP contribution is 2.50. The molecule has 0 amide bonds. The maximum Gasteiger partial charge on any atom is 0.192 e. The number of carbonyl (C=O) groups excluding carboxylic acids is 1. The van der Waals surface area contributed by atoms with Crippen LogP contribution in [0.1, 0.15) is 56.0 Å². The zero-order valence-corrected chi connectivity index (χ0v) is 24.0. The van der Waals surface area contributed by atoms with E-state index in [0.717, 1.165) is 23.5 Å². The molecule has 34 heavy (non-hydrogen) atoms. The van der Waals surface area contributed by atoms with Crippen LogP contribution in [-0.4, -0.2) is 42.4 Å². The molecular formula is C28H40O3S2Si. The van der Waals surface area contributed by atoms with E-state index < -0.39 is 8.32 Å². The van der Waals surface area contributed by atoms with Gasteiger partial charge < -0.3 is 9.16 Å². The third kappa shape index (κ3) is 7.99. The number of ether oxygens (including phenoxy) is 1. The van der Waals surface area contributed by atoms with Crippen molar-refractivity contribution in [3.63, 3.8) is 0 Å². The van der Waals surface area contributed by atoms with E-state index in [9.17, 15) is 4.79 Å². The molecule has 0 bridgehead atoms. The fourth-order valence-corrected chi connectivity index (χ4v) is 8.59. The molecule has 1 aliphatic heterocycles. The summed E-state index contributed by atoms with van der Waals surface area (Å²) >= 11 is 3.89. The average molecular weight is 517 g/mol. The Hall–Kier alpha value is -1.05. The van der Waals surface area contributed by atoms with Crippen LogP contribution in [0.15, 0.2) is 60.7 Å². The summed E-state index contributed by atoms with van der Waals surface area (Å²) in [5.41, 5.74) is 1.97. The summed E-state index contributed by atoms with van der Waals surface area (Å²) in [6.07, 6.45) is 2.51. The Morgan fingerprint density at radius 1 is 1.00 bits per heavy atom. The molecule has 2 aromatic carbocycles. The molecule has 0 radical (unpaired) electrons. The quantitative estimate of drug-likeness (QED) is 0.225. The van der Waals surface area contributed by atoms with Crippen molar-refractivity contribution in [3.8, 4) is 0 Å². The largest absolute Gasteiger partial charge is 0.412 e. The van der Waals surface area contributed by atoms with Gasteiger partial charge in [-0.3, -0.25) is 4.79 Å². The smallest absolute Gasteiger partial charge is 0.192 e. The van der Waals surface area contributed by atoms with Crippen molar-refractivity contribution < 1.29 is 14.0 Å². The molecule has 1 atom stereocenters. The molecule has 0 aromatic heterocycles. The van der Waals surface area contributed by atoms with Crippen molar-refractivity contribution in [1.29, 1.82) is 0 Å². The molecule has 1 saturated heterocycles. The van der Waals surface area contributed by atoms with Crippen LogP contribution in [0.2, 0.25) is 18.1 Å². The molecule has 3 rings (SSSR count). The van der Waals surface area contributed by atoms with E-state index in [2.05, 4.69) is 46.0 Å². The topological polar surface area (TPSA) is 35.5 Å². The van der Waals surface area contributed by atoms with Crippen molar-refractivity contribution in [2.75, 3.05) is 18.1 Å². The number of hydrogen-bond acceptors (Lipinski definition) is 5. The Labute approximate surface area is 215 Å². The highest BCUT2D eigenvalue weighted by Gasteiger charge is 2.43. The Morgan fingerprint density at radius 3 is 2.18 bits per heavy atom. The van der Waals surface area contributed by atoms with E-state index in [1.54, 1.807) is 0 Å². The van der Waals surface area contributed by atoms with Crippen LogP contribution >= 0.6 is 23.5 Å². The summed E-state index contributed by atoms with van der Waals surface area (Å²) < 4.78 is 13.0. The van der Waals surface area contributed by atoms with Crippen LogP contribution in [0.25, 0.3) is 0 Å². The van der Waals surface area contributed by atoms with Crippen LogP contribution in [0, 0.1) is 0 Å². The predicted molar refractivity (Wildman–Crippen MR) is 150 cm³/mol. The Bertz CT molecular complexity index is 891. The molecule has 3 nitrogen and oxygen atoms in total. The van der Waals surface area contributed by atoms with Gasteiger partial charge in [0.15, 0.2) is 14.1 Å². The third-order valence-electron chi connectivity index (χ3n) is 6.77. The average Bonchev–Trinajstić information content (AvgIpc) is 2.80. The first kappa shape index (κ1) is 27.5. The van der Waals surface area contributed by atoms with Gasteiger partial charge in [0.25, 0.3) is 0 Å². The standard InChI is InChI=1S/C28H40O3S2Si/c1-27(2,3)34(4,5)31-25(22-30-21-23-13-8-6-9-14-23)19-28(32-17-12-18-33-28)20-26(29)24-15-10-7-11-16-24/h6-11,13-16,25H,12,17-22H2,1-5H3/t25-/m0/s1. The molecule has 1 fully saturated rings. The summed E-state index contributed by atoms with van der Waals surface area (Å²) in [6, 6.07) is 20.0. The fraction of sp³-hybridized carbons (Fsp3) is 0.536. The molecule has 1 aliphatic rings. The van der Waals surface area contributed by atoms with Gasteiger partial charge in [0.05, 0.1) is 23.4 Å². The van der Waals surface area contributed by atoms with Gasteiger partial charge in [0.2, 0.25) is 0 Å². The predicted octanol–water partition coefficient (Wildman–Crippen LogP) is 7.82. The molecule has 0 N–H and O–H groups in total. The summed E-state index contributed by atoms with van der Waals surface area (Å²) in [5.74, 6) is 2.40. The van der Waals surface area contributed by atoms with Gasteiger partial charge in [-0.1, -0.05) is 81.4 Å². The van der Waals surface area contributed by atoms with Gasteiger partial charge >= 0.3 is 0 Å². The van der Waals surface area contributed by atoms with E-state index in [-0.39, 0.29) is 21.0 Å². The number of ketones is 1. The number of rotatable bonds is 11. The molecule has 0 saturated carbocycles. The number of benzene rings is 2. The van der Waals surface area contributed by atoms with Gasteiger partial charge in [0.1, 0.15) is 0 Å². The maximum absolute atomic E-state index is 13.3. The number of carbonyl (C=O) groups is 1. The molecule has 0 aliphatic carbocycles. The lowest BCUT2D eigenvalue weighted by Crippen LogP contribution is -2.47. The second-order valence-corrected chi connectivity index (χ2v) is 18.6. The molecule has 186 valence electrons. The first-order valence-corrected chi connectivity index (χ1v) is 17.1. The van der Waals surface area contributed by atoms with Crippen molar-refractivity contribution in [2.24, 2.45) is 0 Å². The Balaban J connectivity index is 1.77. The second kappa shape index (κ2) is 12.3. The molecule has 0 unspecified atom stereocenters. The zero-order chi connectivity index (χ0) is 24.7. The first-order valence-electron chi connectivity index (χ1n) is 12.3. The normalized spacial score (nSPS) is 17.3. The van der Waals surface area contributed by atoms with Crippen LogP contribution in [0.3, 0.4) is 0 Å². The van der Waals surface area contributed by atoms with Crippen LogP contribution in [0.5, 0.6) is 0 Å². The van der Waals surface area contributed by atoms with E-state index in [1.165, 1.54) is 12.0 Å². The van der Waals surface area contributed by atoms with Crippen molar-refractivity contribution in [2.45, 2.75) is 75.0 Å². The van der Waals surface area contributed by atoms with E-state index >= 15 is 0 Å². The van der Waals surface area contributed by atoms with Crippen molar-refractivity contribution >= 4 is 37.6 Å². The number of thioether (sulfide) groups is 2. The van der Waals surface area contributed by atoms with Gasteiger partial charge in [-0.25, -0.2) is 0 Å². The lowest BCUT2D eigenvalue weighted by atomic mass is 10.0. The van der Waals surface area contributed by atoms with Crippen molar-refractivity contribution in [1.82, 2.24) is 0 Å². The van der Waals surface area contributed by atoms with Gasteiger partial charge in [-0.15, -0.1) is 23.5 Å². The minimum atomic E-state index is -2.00.